The molecule has 0 bridgehead atoms. The van der Waals surface area contributed by atoms with E-state index in [1.165, 1.54) is 0 Å². The highest BCUT2D eigenvalue weighted by Gasteiger charge is 2.43. The second-order valence-corrected chi connectivity index (χ2v) is 4.63. The SMILES string of the molecule is COc1cc(C)c(C2(CC#N)COC2)c(OC)c1. The van der Waals surface area contributed by atoms with Crippen LogP contribution in [0.2, 0.25) is 0 Å². The summed E-state index contributed by atoms with van der Waals surface area (Å²) in [5, 5.41) is 9.01. The van der Waals surface area contributed by atoms with Crippen LogP contribution in [0.1, 0.15) is 17.5 Å². The Kier molecular flexibility index (Phi) is 3.44. The van der Waals surface area contributed by atoms with E-state index in [0.29, 0.717) is 19.6 Å². The Morgan fingerprint density at radius 1 is 1.33 bits per heavy atom. The second kappa shape index (κ2) is 4.87. The highest BCUT2D eigenvalue weighted by molar-refractivity contribution is 5.51. The molecule has 1 aromatic carbocycles. The van der Waals surface area contributed by atoms with Gasteiger partial charge in [0.2, 0.25) is 0 Å². The molecule has 0 radical (unpaired) electrons. The maximum Gasteiger partial charge on any atom is 0.126 e. The van der Waals surface area contributed by atoms with Gasteiger partial charge in [-0.25, -0.2) is 0 Å². The zero-order valence-corrected chi connectivity index (χ0v) is 10.9. The zero-order chi connectivity index (χ0) is 13.2. The van der Waals surface area contributed by atoms with Crippen molar-refractivity contribution in [2.75, 3.05) is 27.4 Å². The summed E-state index contributed by atoms with van der Waals surface area (Å²) >= 11 is 0. The molecule has 0 unspecified atom stereocenters. The Balaban J connectivity index is 2.52. The van der Waals surface area contributed by atoms with Gasteiger partial charge < -0.3 is 14.2 Å². The fraction of sp³-hybridized carbons (Fsp3) is 0.500. The molecule has 2 rings (SSSR count). The van der Waals surface area contributed by atoms with Crippen molar-refractivity contribution in [1.82, 2.24) is 0 Å². The Morgan fingerprint density at radius 2 is 2.06 bits per heavy atom. The van der Waals surface area contributed by atoms with Crippen LogP contribution in [-0.4, -0.2) is 27.4 Å². The monoisotopic (exact) mass is 247 g/mol. The first-order valence-electron chi connectivity index (χ1n) is 5.84. The summed E-state index contributed by atoms with van der Waals surface area (Å²) in [6.07, 6.45) is 0.441. The average molecular weight is 247 g/mol. The minimum atomic E-state index is -0.226. The highest BCUT2D eigenvalue weighted by Crippen LogP contribution is 2.43. The third-order valence-corrected chi connectivity index (χ3v) is 3.43. The van der Waals surface area contributed by atoms with E-state index in [2.05, 4.69) is 6.07 Å². The van der Waals surface area contributed by atoms with Crippen molar-refractivity contribution in [2.24, 2.45) is 0 Å². The minimum Gasteiger partial charge on any atom is -0.497 e. The first-order valence-corrected chi connectivity index (χ1v) is 5.84. The Morgan fingerprint density at radius 3 is 2.50 bits per heavy atom. The molecule has 0 aliphatic carbocycles. The van der Waals surface area contributed by atoms with E-state index in [9.17, 15) is 0 Å². The number of ether oxygens (including phenoxy) is 3. The van der Waals surface area contributed by atoms with E-state index in [4.69, 9.17) is 19.5 Å². The second-order valence-electron chi connectivity index (χ2n) is 4.63. The summed E-state index contributed by atoms with van der Waals surface area (Å²) in [4.78, 5) is 0. The predicted octanol–water partition coefficient (Wildman–Crippen LogP) is 2.19. The number of hydrogen-bond donors (Lipinski definition) is 0. The maximum absolute atomic E-state index is 9.01. The summed E-state index contributed by atoms with van der Waals surface area (Å²) in [7, 11) is 3.27. The molecule has 0 aromatic heterocycles. The van der Waals surface area contributed by atoms with Crippen LogP contribution in [0.25, 0.3) is 0 Å². The molecule has 0 spiro atoms. The summed E-state index contributed by atoms with van der Waals surface area (Å²) in [6.45, 7) is 3.16. The van der Waals surface area contributed by atoms with Crippen molar-refractivity contribution in [3.8, 4) is 17.6 Å². The lowest BCUT2D eigenvalue weighted by Crippen LogP contribution is -2.47. The highest BCUT2D eigenvalue weighted by atomic mass is 16.5. The summed E-state index contributed by atoms with van der Waals surface area (Å²) in [5.41, 5.74) is 1.92. The van der Waals surface area contributed by atoms with E-state index in [1.54, 1.807) is 14.2 Å². The van der Waals surface area contributed by atoms with Crippen LogP contribution >= 0.6 is 0 Å². The summed E-state index contributed by atoms with van der Waals surface area (Å²) in [6, 6.07) is 6.08. The van der Waals surface area contributed by atoms with Gasteiger partial charge in [-0.2, -0.15) is 5.26 Å². The van der Waals surface area contributed by atoms with Gasteiger partial charge in [0, 0.05) is 18.1 Å². The van der Waals surface area contributed by atoms with E-state index >= 15 is 0 Å². The molecule has 1 saturated heterocycles. The third kappa shape index (κ3) is 1.91. The van der Waals surface area contributed by atoms with Crippen molar-refractivity contribution in [2.45, 2.75) is 18.8 Å². The molecule has 96 valence electrons. The predicted molar refractivity (Wildman–Crippen MR) is 67.0 cm³/mol. The largest absolute Gasteiger partial charge is 0.497 e. The van der Waals surface area contributed by atoms with Gasteiger partial charge in [-0.15, -0.1) is 0 Å². The molecule has 0 saturated carbocycles. The fourth-order valence-electron chi connectivity index (χ4n) is 2.52. The Bertz CT molecular complexity index is 487. The standard InChI is InChI=1S/C14H17NO3/c1-10-6-11(16-2)7-12(17-3)13(10)14(4-5-15)8-18-9-14/h6-7H,4,8-9H2,1-3H3. The smallest absolute Gasteiger partial charge is 0.126 e. The Labute approximate surface area is 107 Å². The summed E-state index contributed by atoms with van der Waals surface area (Å²) in [5.74, 6) is 1.53. The quantitative estimate of drug-likeness (QED) is 0.818. The molecule has 0 atom stereocenters. The molecular formula is C14H17NO3. The van der Waals surface area contributed by atoms with Gasteiger partial charge in [-0.05, 0) is 18.6 Å². The first-order chi connectivity index (χ1) is 8.66. The van der Waals surface area contributed by atoms with Crippen LogP contribution in [-0.2, 0) is 10.2 Å². The molecule has 4 heteroatoms. The van der Waals surface area contributed by atoms with Crippen LogP contribution in [0, 0.1) is 18.3 Å². The number of nitriles is 1. The van der Waals surface area contributed by atoms with Crippen molar-refractivity contribution in [3.05, 3.63) is 23.3 Å². The number of methoxy groups -OCH3 is 2. The molecule has 1 fully saturated rings. The van der Waals surface area contributed by atoms with Gasteiger partial charge in [0.25, 0.3) is 0 Å². The first kappa shape index (κ1) is 12.7. The van der Waals surface area contributed by atoms with Crippen LogP contribution in [0.3, 0.4) is 0 Å². The molecule has 4 nitrogen and oxygen atoms in total. The third-order valence-electron chi connectivity index (χ3n) is 3.43. The van der Waals surface area contributed by atoms with Crippen molar-refractivity contribution >= 4 is 0 Å². The number of rotatable bonds is 4. The molecular weight excluding hydrogens is 230 g/mol. The average Bonchev–Trinajstić information content (AvgIpc) is 2.33. The number of hydrogen-bond acceptors (Lipinski definition) is 4. The fourth-order valence-corrected chi connectivity index (χ4v) is 2.52. The number of benzene rings is 1. The van der Waals surface area contributed by atoms with Gasteiger partial charge in [0.15, 0.2) is 0 Å². The molecule has 0 N–H and O–H groups in total. The van der Waals surface area contributed by atoms with Crippen LogP contribution in [0.15, 0.2) is 12.1 Å². The van der Waals surface area contributed by atoms with Crippen LogP contribution < -0.4 is 9.47 Å². The lowest BCUT2D eigenvalue weighted by Gasteiger charge is -2.41. The van der Waals surface area contributed by atoms with Crippen molar-refractivity contribution in [3.63, 3.8) is 0 Å². The van der Waals surface area contributed by atoms with E-state index in [-0.39, 0.29) is 5.41 Å². The zero-order valence-electron chi connectivity index (χ0n) is 10.9. The molecule has 18 heavy (non-hydrogen) atoms. The van der Waals surface area contributed by atoms with E-state index < -0.39 is 0 Å². The molecule has 1 aliphatic rings. The van der Waals surface area contributed by atoms with E-state index in [1.807, 2.05) is 19.1 Å². The van der Waals surface area contributed by atoms with Gasteiger partial charge in [-0.1, -0.05) is 0 Å². The number of nitrogens with zero attached hydrogens (tertiary/aromatic N) is 1. The topological polar surface area (TPSA) is 51.5 Å². The summed E-state index contributed by atoms with van der Waals surface area (Å²) < 4.78 is 16.0. The van der Waals surface area contributed by atoms with E-state index in [0.717, 1.165) is 22.6 Å². The van der Waals surface area contributed by atoms with Crippen molar-refractivity contribution in [1.29, 1.82) is 5.26 Å². The number of aryl methyl sites for hydroxylation is 1. The lowest BCUT2D eigenvalue weighted by molar-refractivity contribution is -0.0589. The van der Waals surface area contributed by atoms with Crippen molar-refractivity contribution < 1.29 is 14.2 Å². The molecule has 0 amide bonds. The molecule has 1 aromatic rings. The minimum absolute atomic E-state index is 0.226. The Hall–Kier alpha value is -1.73. The normalized spacial score (nSPS) is 16.6. The van der Waals surface area contributed by atoms with Gasteiger partial charge in [-0.3, -0.25) is 0 Å². The van der Waals surface area contributed by atoms with Crippen LogP contribution in [0.4, 0.5) is 0 Å². The van der Waals surface area contributed by atoms with Crippen LogP contribution in [0.5, 0.6) is 11.5 Å². The molecule has 1 aliphatic heterocycles. The van der Waals surface area contributed by atoms with Gasteiger partial charge in [0.05, 0.1) is 38.9 Å². The maximum atomic E-state index is 9.01. The van der Waals surface area contributed by atoms with Gasteiger partial charge in [0.1, 0.15) is 11.5 Å². The van der Waals surface area contributed by atoms with Gasteiger partial charge >= 0.3 is 0 Å². The molecule has 1 heterocycles. The lowest BCUT2D eigenvalue weighted by atomic mass is 9.74.